The molecule has 2 aromatic rings. The van der Waals surface area contributed by atoms with Gasteiger partial charge in [-0.15, -0.1) is 0 Å². The number of aromatic nitrogens is 3. The third kappa shape index (κ3) is 1.19. The Balaban J connectivity index is 2.61. The fraction of sp³-hybridized carbons (Fsp3) is 0.111. The van der Waals surface area contributed by atoms with Gasteiger partial charge in [0.05, 0.1) is 17.6 Å². The molecule has 14 heavy (non-hydrogen) atoms. The molecular formula is C9H11N5. The molecule has 0 amide bonds. The van der Waals surface area contributed by atoms with Crippen LogP contribution in [-0.4, -0.2) is 15.4 Å². The second kappa shape index (κ2) is 3.02. The molecule has 0 saturated heterocycles. The van der Waals surface area contributed by atoms with Gasteiger partial charge in [-0.05, 0) is 18.6 Å². The molecule has 5 N–H and O–H groups in total. The number of benzene rings is 1. The van der Waals surface area contributed by atoms with E-state index in [-0.39, 0.29) is 0 Å². The molecule has 1 aromatic heterocycles. The van der Waals surface area contributed by atoms with Crippen molar-refractivity contribution in [2.75, 3.05) is 11.5 Å². The van der Waals surface area contributed by atoms with Gasteiger partial charge in [0.15, 0.2) is 0 Å². The van der Waals surface area contributed by atoms with Gasteiger partial charge in [-0.3, -0.25) is 0 Å². The summed E-state index contributed by atoms with van der Waals surface area (Å²) >= 11 is 0. The number of H-pyrrole nitrogens is 1. The van der Waals surface area contributed by atoms with Gasteiger partial charge >= 0.3 is 0 Å². The first-order valence-corrected chi connectivity index (χ1v) is 4.21. The summed E-state index contributed by atoms with van der Waals surface area (Å²) in [6, 6.07) is 3.66. The molecule has 0 radical (unpaired) electrons. The Kier molecular flexibility index (Phi) is 1.85. The maximum atomic E-state index is 5.81. The summed E-state index contributed by atoms with van der Waals surface area (Å²) < 4.78 is 0. The lowest BCUT2D eigenvalue weighted by atomic mass is 10.0. The van der Waals surface area contributed by atoms with Crippen LogP contribution in [0.3, 0.4) is 0 Å². The summed E-state index contributed by atoms with van der Waals surface area (Å²) in [4.78, 5) is 0. The highest BCUT2D eigenvalue weighted by Gasteiger charge is 2.08. The van der Waals surface area contributed by atoms with Gasteiger partial charge in [-0.2, -0.15) is 15.4 Å². The van der Waals surface area contributed by atoms with E-state index in [2.05, 4.69) is 15.4 Å². The van der Waals surface area contributed by atoms with E-state index in [1.54, 1.807) is 12.3 Å². The summed E-state index contributed by atoms with van der Waals surface area (Å²) in [7, 11) is 0. The molecule has 0 saturated carbocycles. The Hall–Kier alpha value is -2.04. The maximum Gasteiger partial charge on any atom is 0.113 e. The van der Waals surface area contributed by atoms with E-state index in [9.17, 15) is 0 Å². The van der Waals surface area contributed by atoms with Crippen LogP contribution in [0.25, 0.3) is 11.3 Å². The Labute approximate surface area is 81.1 Å². The molecule has 0 unspecified atom stereocenters. The number of nitrogens with zero attached hydrogens (tertiary/aromatic N) is 2. The molecule has 5 nitrogen and oxygen atoms in total. The number of rotatable bonds is 1. The fourth-order valence-electron chi connectivity index (χ4n) is 1.36. The molecule has 0 spiro atoms. The van der Waals surface area contributed by atoms with Crippen molar-refractivity contribution in [2.45, 2.75) is 6.92 Å². The number of aromatic amines is 1. The molecule has 5 heteroatoms. The Bertz CT molecular complexity index is 446. The fourth-order valence-corrected chi connectivity index (χ4v) is 1.36. The summed E-state index contributed by atoms with van der Waals surface area (Å²) in [6.45, 7) is 1.91. The first-order chi connectivity index (χ1) is 6.70. The van der Waals surface area contributed by atoms with E-state index < -0.39 is 0 Å². The zero-order valence-corrected chi connectivity index (χ0v) is 7.78. The van der Waals surface area contributed by atoms with Crippen LogP contribution in [0.5, 0.6) is 0 Å². The van der Waals surface area contributed by atoms with E-state index in [1.165, 1.54) is 0 Å². The predicted octanol–water partition coefficient (Wildman–Crippen LogP) is 0.945. The topological polar surface area (TPSA) is 93.6 Å². The SMILES string of the molecule is Cc1c(-c2cn[nH]n2)ccc(N)c1N. The number of nitrogens with one attached hydrogen (secondary N) is 1. The molecule has 0 bridgehead atoms. The average molecular weight is 189 g/mol. The van der Waals surface area contributed by atoms with Crippen molar-refractivity contribution in [3.63, 3.8) is 0 Å². The first-order valence-electron chi connectivity index (χ1n) is 4.21. The molecule has 0 atom stereocenters. The van der Waals surface area contributed by atoms with Crippen molar-refractivity contribution in [1.29, 1.82) is 0 Å². The summed E-state index contributed by atoms with van der Waals surface area (Å²) in [5, 5.41) is 10.3. The van der Waals surface area contributed by atoms with Crippen molar-refractivity contribution in [3.8, 4) is 11.3 Å². The summed E-state index contributed by atoms with van der Waals surface area (Å²) in [5.74, 6) is 0. The lowest BCUT2D eigenvalue weighted by molar-refractivity contribution is 0.942. The van der Waals surface area contributed by atoms with Crippen molar-refractivity contribution in [2.24, 2.45) is 0 Å². The number of hydrogen-bond donors (Lipinski definition) is 3. The van der Waals surface area contributed by atoms with Gasteiger partial charge in [0, 0.05) is 5.56 Å². The number of anilines is 2. The normalized spacial score (nSPS) is 10.4. The predicted molar refractivity (Wildman–Crippen MR) is 55.4 cm³/mol. The van der Waals surface area contributed by atoms with Crippen LogP contribution in [0.2, 0.25) is 0 Å². The van der Waals surface area contributed by atoms with Crippen LogP contribution >= 0.6 is 0 Å². The summed E-state index contributed by atoms with van der Waals surface area (Å²) in [6.07, 6.45) is 1.65. The van der Waals surface area contributed by atoms with E-state index in [0.29, 0.717) is 11.4 Å². The van der Waals surface area contributed by atoms with Gasteiger partial charge in [0.1, 0.15) is 5.69 Å². The van der Waals surface area contributed by atoms with Crippen LogP contribution < -0.4 is 11.5 Å². The molecular weight excluding hydrogens is 178 g/mol. The number of hydrogen-bond acceptors (Lipinski definition) is 4. The van der Waals surface area contributed by atoms with Crippen molar-refractivity contribution in [3.05, 3.63) is 23.9 Å². The maximum absolute atomic E-state index is 5.81. The van der Waals surface area contributed by atoms with Gasteiger partial charge in [0.2, 0.25) is 0 Å². The molecule has 0 aliphatic rings. The second-order valence-corrected chi connectivity index (χ2v) is 3.10. The lowest BCUT2D eigenvalue weighted by Crippen LogP contribution is -1.98. The monoisotopic (exact) mass is 189 g/mol. The quantitative estimate of drug-likeness (QED) is 0.582. The number of nitrogens with two attached hydrogens (primary N) is 2. The van der Waals surface area contributed by atoms with Crippen LogP contribution in [0.1, 0.15) is 5.56 Å². The van der Waals surface area contributed by atoms with Crippen LogP contribution in [-0.2, 0) is 0 Å². The van der Waals surface area contributed by atoms with Crippen LogP contribution in [0.15, 0.2) is 18.3 Å². The van der Waals surface area contributed by atoms with Crippen molar-refractivity contribution < 1.29 is 0 Å². The van der Waals surface area contributed by atoms with Crippen LogP contribution in [0.4, 0.5) is 11.4 Å². The van der Waals surface area contributed by atoms with Gasteiger partial charge in [-0.1, -0.05) is 6.07 Å². The molecule has 1 aromatic carbocycles. The highest BCUT2D eigenvalue weighted by atomic mass is 15.3. The lowest BCUT2D eigenvalue weighted by Gasteiger charge is -2.07. The van der Waals surface area contributed by atoms with Crippen molar-refractivity contribution in [1.82, 2.24) is 15.4 Å². The highest BCUT2D eigenvalue weighted by molar-refractivity contribution is 5.77. The Morgan fingerprint density at radius 1 is 1.29 bits per heavy atom. The molecule has 2 rings (SSSR count). The third-order valence-corrected chi connectivity index (χ3v) is 2.24. The standard InChI is InChI=1S/C9H11N5/c1-5-6(8-4-12-14-13-8)2-3-7(10)9(5)11/h2-4H,10-11H2,1H3,(H,12,13,14). The number of nitrogen functional groups attached to an aromatic ring is 2. The zero-order valence-electron chi connectivity index (χ0n) is 7.78. The van der Waals surface area contributed by atoms with E-state index >= 15 is 0 Å². The van der Waals surface area contributed by atoms with E-state index in [4.69, 9.17) is 11.5 Å². The summed E-state index contributed by atoms with van der Waals surface area (Å²) in [5.41, 5.74) is 15.3. The van der Waals surface area contributed by atoms with Gasteiger partial charge in [0.25, 0.3) is 0 Å². The zero-order chi connectivity index (χ0) is 10.1. The minimum Gasteiger partial charge on any atom is -0.397 e. The molecule has 0 fully saturated rings. The largest absolute Gasteiger partial charge is 0.397 e. The second-order valence-electron chi connectivity index (χ2n) is 3.10. The minimum atomic E-state index is 0.592. The van der Waals surface area contributed by atoms with Gasteiger partial charge in [-0.25, -0.2) is 0 Å². The first kappa shape index (κ1) is 8.55. The third-order valence-electron chi connectivity index (χ3n) is 2.24. The average Bonchev–Trinajstić information content (AvgIpc) is 2.67. The van der Waals surface area contributed by atoms with E-state index in [0.717, 1.165) is 16.8 Å². The van der Waals surface area contributed by atoms with Gasteiger partial charge < -0.3 is 11.5 Å². The highest BCUT2D eigenvalue weighted by Crippen LogP contribution is 2.28. The Morgan fingerprint density at radius 3 is 2.71 bits per heavy atom. The minimum absolute atomic E-state index is 0.592. The smallest absolute Gasteiger partial charge is 0.113 e. The Morgan fingerprint density at radius 2 is 2.07 bits per heavy atom. The van der Waals surface area contributed by atoms with E-state index in [1.807, 2.05) is 13.0 Å². The van der Waals surface area contributed by atoms with Crippen LogP contribution in [0, 0.1) is 6.92 Å². The molecule has 0 aliphatic carbocycles. The van der Waals surface area contributed by atoms with Crippen molar-refractivity contribution >= 4 is 11.4 Å². The molecule has 0 aliphatic heterocycles. The molecule has 72 valence electrons. The molecule has 1 heterocycles.